The molecule has 0 atom stereocenters. The Morgan fingerprint density at radius 1 is 1.20 bits per heavy atom. The minimum Gasteiger partial charge on any atom is -0.458 e. The van der Waals surface area contributed by atoms with Crippen molar-refractivity contribution in [3.63, 3.8) is 0 Å². The van der Waals surface area contributed by atoms with Gasteiger partial charge < -0.3 is 4.74 Å². The van der Waals surface area contributed by atoms with Gasteiger partial charge in [0.25, 0.3) is 0 Å². The molecular weight excluding hydrogens is 192 g/mol. The van der Waals surface area contributed by atoms with Crippen molar-refractivity contribution < 1.29 is 14.3 Å². The van der Waals surface area contributed by atoms with Crippen molar-refractivity contribution in [1.82, 2.24) is 0 Å². The molecule has 0 N–H and O–H groups in total. The topological polar surface area (TPSA) is 43.4 Å². The SMILES string of the molecule is CC(C)CC(=O)COC(=O)CC(C)(C)C. The van der Waals surface area contributed by atoms with Crippen LogP contribution >= 0.6 is 0 Å². The molecule has 0 spiro atoms. The van der Waals surface area contributed by atoms with Gasteiger partial charge in [-0.3, -0.25) is 9.59 Å². The Hall–Kier alpha value is -0.860. The predicted octanol–water partition coefficient (Wildman–Crippen LogP) is 2.58. The Bertz CT molecular complexity index is 224. The minimum absolute atomic E-state index is 0.00717. The van der Waals surface area contributed by atoms with Gasteiger partial charge in [0.2, 0.25) is 0 Å². The normalized spacial score (nSPS) is 11.6. The van der Waals surface area contributed by atoms with E-state index in [1.54, 1.807) is 0 Å². The zero-order valence-electron chi connectivity index (χ0n) is 10.4. The second-order valence-corrected chi connectivity index (χ2v) is 5.53. The van der Waals surface area contributed by atoms with Crippen LogP contribution < -0.4 is 0 Å². The van der Waals surface area contributed by atoms with E-state index in [9.17, 15) is 9.59 Å². The Balaban J connectivity index is 3.77. The maximum absolute atomic E-state index is 11.3. The molecule has 0 saturated carbocycles. The van der Waals surface area contributed by atoms with Gasteiger partial charge in [-0.1, -0.05) is 34.6 Å². The standard InChI is InChI=1S/C12H22O3/c1-9(2)6-10(13)8-15-11(14)7-12(3,4)5/h9H,6-8H2,1-5H3. The third kappa shape index (κ3) is 9.44. The highest BCUT2D eigenvalue weighted by Crippen LogP contribution is 2.18. The molecule has 0 aromatic carbocycles. The number of Topliss-reactive ketones (excluding diaryl/α,β-unsaturated/α-hetero) is 1. The second-order valence-electron chi connectivity index (χ2n) is 5.53. The monoisotopic (exact) mass is 214 g/mol. The summed E-state index contributed by atoms with van der Waals surface area (Å²) in [5, 5.41) is 0. The lowest BCUT2D eigenvalue weighted by Gasteiger charge is -2.16. The predicted molar refractivity (Wildman–Crippen MR) is 59.5 cm³/mol. The lowest BCUT2D eigenvalue weighted by atomic mass is 9.92. The van der Waals surface area contributed by atoms with Crippen molar-refractivity contribution in [2.24, 2.45) is 11.3 Å². The average Bonchev–Trinajstić information content (AvgIpc) is 1.96. The van der Waals surface area contributed by atoms with Gasteiger partial charge in [-0.05, 0) is 11.3 Å². The van der Waals surface area contributed by atoms with Crippen LogP contribution in [0.4, 0.5) is 0 Å². The molecule has 0 saturated heterocycles. The van der Waals surface area contributed by atoms with Crippen LogP contribution in [0.25, 0.3) is 0 Å². The molecular formula is C12H22O3. The Morgan fingerprint density at radius 3 is 2.13 bits per heavy atom. The molecule has 3 nitrogen and oxygen atoms in total. The molecule has 3 heteroatoms. The summed E-state index contributed by atoms with van der Waals surface area (Å²) in [6.07, 6.45) is 0.824. The van der Waals surface area contributed by atoms with Crippen molar-refractivity contribution in [3.8, 4) is 0 Å². The summed E-state index contributed by atoms with van der Waals surface area (Å²) in [5.41, 5.74) is -0.0851. The molecule has 0 radical (unpaired) electrons. The summed E-state index contributed by atoms with van der Waals surface area (Å²) >= 11 is 0. The first-order chi connectivity index (χ1) is 6.70. The molecule has 0 amide bonds. The number of ketones is 1. The van der Waals surface area contributed by atoms with E-state index in [1.807, 2.05) is 34.6 Å². The Kier molecular flexibility index (Phi) is 5.55. The van der Waals surface area contributed by atoms with Gasteiger partial charge in [-0.2, -0.15) is 0 Å². The largest absolute Gasteiger partial charge is 0.458 e. The Labute approximate surface area is 92.2 Å². The molecule has 0 bridgehead atoms. The van der Waals surface area contributed by atoms with E-state index in [2.05, 4.69) is 0 Å². The van der Waals surface area contributed by atoms with Crippen LogP contribution in [-0.2, 0) is 14.3 Å². The van der Waals surface area contributed by atoms with E-state index in [4.69, 9.17) is 4.74 Å². The molecule has 0 fully saturated rings. The van der Waals surface area contributed by atoms with Crippen LogP contribution in [0, 0.1) is 11.3 Å². The average molecular weight is 214 g/mol. The maximum Gasteiger partial charge on any atom is 0.306 e. The van der Waals surface area contributed by atoms with Crippen LogP contribution in [0.3, 0.4) is 0 Å². The van der Waals surface area contributed by atoms with Gasteiger partial charge in [0.1, 0.15) is 6.61 Å². The first-order valence-corrected chi connectivity index (χ1v) is 5.38. The highest BCUT2D eigenvalue weighted by molar-refractivity contribution is 5.82. The van der Waals surface area contributed by atoms with Crippen LogP contribution in [0.15, 0.2) is 0 Å². The number of hydrogen-bond acceptors (Lipinski definition) is 3. The van der Waals surface area contributed by atoms with E-state index in [0.29, 0.717) is 18.8 Å². The van der Waals surface area contributed by atoms with E-state index in [0.717, 1.165) is 0 Å². The molecule has 0 aliphatic rings. The van der Waals surface area contributed by atoms with E-state index >= 15 is 0 Å². The lowest BCUT2D eigenvalue weighted by Crippen LogP contribution is -2.19. The summed E-state index contributed by atoms with van der Waals surface area (Å²) in [4.78, 5) is 22.5. The van der Waals surface area contributed by atoms with Crippen molar-refractivity contribution >= 4 is 11.8 Å². The molecule has 0 heterocycles. The van der Waals surface area contributed by atoms with Crippen molar-refractivity contribution in [1.29, 1.82) is 0 Å². The highest BCUT2D eigenvalue weighted by Gasteiger charge is 2.17. The molecule has 0 rings (SSSR count). The van der Waals surface area contributed by atoms with Crippen LogP contribution in [0.1, 0.15) is 47.5 Å². The summed E-state index contributed by atoms with van der Waals surface area (Å²) < 4.78 is 4.89. The highest BCUT2D eigenvalue weighted by atomic mass is 16.5. The van der Waals surface area contributed by atoms with Gasteiger partial charge in [0, 0.05) is 6.42 Å². The van der Waals surface area contributed by atoms with Gasteiger partial charge in [-0.15, -0.1) is 0 Å². The molecule has 0 unspecified atom stereocenters. The maximum atomic E-state index is 11.3. The van der Waals surface area contributed by atoms with Crippen molar-refractivity contribution in [3.05, 3.63) is 0 Å². The van der Waals surface area contributed by atoms with E-state index < -0.39 is 0 Å². The summed E-state index contributed by atoms with van der Waals surface area (Å²) in [5.74, 6) is 0.0192. The van der Waals surface area contributed by atoms with Crippen LogP contribution in [-0.4, -0.2) is 18.4 Å². The summed E-state index contributed by atoms with van der Waals surface area (Å²) in [7, 11) is 0. The molecule has 88 valence electrons. The summed E-state index contributed by atoms with van der Waals surface area (Å²) in [6.45, 7) is 9.75. The van der Waals surface area contributed by atoms with Crippen LogP contribution in [0.5, 0.6) is 0 Å². The first-order valence-electron chi connectivity index (χ1n) is 5.38. The molecule has 0 aliphatic heterocycles. The molecule has 0 aromatic rings. The number of carbonyl (C=O) groups is 2. The fourth-order valence-corrected chi connectivity index (χ4v) is 1.16. The smallest absolute Gasteiger partial charge is 0.306 e. The molecule has 0 aliphatic carbocycles. The number of rotatable bonds is 5. The zero-order valence-corrected chi connectivity index (χ0v) is 10.4. The van der Waals surface area contributed by atoms with Gasteiger partial charge >= 0.3 is 5.97 Å². The number of hydrogen-bond donors (Lipinski definition) is 0. The molecule has 0 aromatic heterocycles. The van der Waals surface area contributed by atoms with Gasteiger partial charge in [0.05, 0.1) is 6.42 Å². The third-order valence-electron chi connectivity index (χ3n) is 1.70. The summed E-state index contributed by atoms with van der Waals surface area (Å²) in [6, 6.07) is 0. The zero-order chi connectivity index (χ0) is 12.1. The first kappa shape index (κ1) is 14.1. The quantitative estimate of drug-likeness (QED) is 0.661. The van der Waals surface area contributed by atoms with Crippen LogP contribution in [0.2, 0.25) is 0 Å². The fourth-order valence-electron chi connectivity index (χ4n) is 1.16. The van der Waals surface area contributed by atoms with Crippen molar-refractivity contribution in [2.75, 3.05) is 6.61 Å². The van der Waals surface area contributed by atoms with E-state index in [-0.39, 0.29) is 23.8 Å². The van der Waals surface area contributed by atoms with Crippen molar-refractivity contribution in [2.45, 2.75) is 47.5 Å². The Morgan fingerprint density at radius 2 is 1.73 bits per heavy atom. The number of carbonyl (C=O) groups excluding carboxylic acids is 2. The minimum atomic E-state index is -0.292. The lowest BCUT2D eigenvalue weighted by molar-refractivity contribution is -0.149. The third-order valence-corrected chi connectivity index (χ3v) is 1.70. The van der Waals surface area contributed by atoms with Gasteiger partial charge in [-0.25, -0.2) is 0 Å². The van der Waals surface area contributed by atoms with E-state index in [1.165, 1.54) is 0 Å². The number of ether oxygens (including phenoxy) is 1. The fraction of sp³-hybridized carbons (Fsp3) is 0.833. The van der Waals surface area contributed by atoms with Gasteiger partial charge in [0.15, 0.2) is 5.78 Å². The number of esters is 1. The molecule has 15 heavy (non-hydrogen) atoms. The second kappa shape index (κ2) is 5.89.